The lowest BCUT2D eigenvalue weighted by Crippen LogP contribution is -2.14. The Bertz CT molecular complexity index is 936. The van der Waals surface area contributed by atoms with Crippen LogP contribution in [0, 0.1) is 0 Å². The van der Waals surface area contributed by atoms with Gasteiger partial charge in [-0.3, -0.25) is 10.1 Å². The lowest BCUT2D eigenvalue weighted by molar-refractivity contribution is 0.101. The fourth-order valence-electron chi connectivity index (χ4n) is 2.37. The Morgan fingerprint density at radius 2 is 1.56 bits per heavy atom. The largest absolute Gasteiger partial charge is 0.493 e. The Hall–Kier alpha value is -3.81. The molecule has 0 saturated carbocycles. The number of nitrogens with one attached hydrogen (secondary N) is 2. The van der Waals surface area contributed by atoms with E-state index in [0.29, 0.717) is 17.1 Å². The van der Waals surface area contributed by atoms with E-state index >= 15 is 0 Å². The van der Waals surface area contributed by atoms with Gasteiger partial charge in [-0.05, 0) is 36.4 Å². The van der Waals surface area contributed by atoms with Gasteiger partial charge < -0.3 is 14.8 Å². The highest BCUT2D eigenvalue weighted by Crippen LogP contribution is 2.21. The molecule has 0 unspecified atom stereocenters. The van der Waals surface area contributed by atoms with E-state index in [1.54, 1.807) is 35.1 Å². The minimum absolute atomic E-state index is 0.165. The zero-order valence-electron chi connectivity index (χ0n) is 14.8. The zero-order chi connectivity index (χ0) is 19.2. The van der Waals surface area contributed by atoms with E-state index < -0.39 is 12.0 Å². The zero-order valence-corrected chi connectivity index (χ0v) is 14.8. The molecule has 0 aliphatic rings. The predicted octanol–water partition coefficient (Wildman–Crippen LogP) is 3.31. The molecular formula is C19H18N4O4. The molecule has 0 fully saturated rings. The third kappa shape index (κ3) is 4.24. The average molecular weight is 366 g/mol. The SMILES string of the molecule is COC(=O)Nc1ccc(NC(=O)c2nn(-c3ccccc3)cc2OC)cc1. The van der Waals surface area contributed by atoms with Crippen LogP contribution in [0.15, 0.2) is 60.8 Å². The van der Waals surface area contributed by atoms with Crippen LogP contribution in [0.3, 0.4) is 0 Å². The van der Waals surface area contributed by atoms with Gasteiger partial charge in [0.05, 0.1) is 26.1 Å². The van der Waals surface area contributed by atoms with Gasteiger partial charge in [-0.2, -0.15) is 5.10 Å². The molecule has 0 atom stereocenters. The van der Waals surface area contributed by atoms with Crippen molar-refractivity contribution in [2.24, 2.45) is 0 Å². The molecule has 2 N–H and O–H groups in total. The maximum absolute atomic E-state index is 12.6. The fourth-order valence-corrected chi connectivity index (χ4v) is 2.37. The summed E-state index contributed by atoms with van der Waals surface area (Å²) in [6.07, 6.45) is 1.08. The van der Waals surface area contributed by atoms with Crippen LogP contribution in [0.4, 0.5) is 16.2 Å². The normalized spacial score (nSPS) is 10.1. The number of rotatable bonds is 5. The van der Waals surface area contributed by atoms with Gasteiger partial charge in [-0.1, -0.05) is 18.2 Å². The number of aromatic nitrogens is 2. The number of nitrogens with zero attached hydrogens (tertiary/aromatic N) is 2. The third-order valence-electron chi connectivity index (χ3n) is 3.71. The lowest BCUT2D eigenvalue weighted by atomic mass is 10.2. The van der Waals surface area contributed by atoms with Crippen LogP contribution in [-0.2, 0) is 4.74 Å². The molecule has 1 heterocycles. The van der Waals surface area contributed by atoms with Crippen LogP contribution >= 0.6 is 0 Å². The van der Waals surface area contributed by atoms with Crippen molar-refractivity contribution in [1.29, 1.82) is 0 Å². The summed E-state index contributed by atoms with van der Waals surface area (Å²) in [4.78, 5) is 23.8. The van der Waals surface area contributed by atoms with Crippen LogP contribution in [0.1, 0.15) is 10.5 Å². The quantitative estimate of drug-likeness (QED) is 0.722. The molecule has 27 heavy (non-hydrogen) atoms. The first kappa shape index (κ1) is 18.0. The molecule has 0 bridgehead atoms. The molecule has 0 saturated heterocycles. The number of hydrogen-bond donors (Lipinski definition) is 2. The number of anilines is 2. The Morgan fingerprint density at radius 3 is 2.15 bits per heavy atom. The first-order chi connectivity index (χ1) is 13.1. The van der Waals surface area contributed by atoms with Crippen molar-refractivity contribution >= 4 is 23.4 Å². The maximum atomic E-state index is 12.6. The molecular weight excluding hydrogens is 348 g/mol. The summed E-state index contributed by atoms with van der Waals surface area (Å²) in [7, 11) is 2.77. The van der Waals surface area contributed by atoms with E-state index in [1.807, 2.05) is 30.3 Å². The number of amides is 2. The summed E-state index contributed by atoms with van der Waals surface area (Å²) in [5, 5.41) is 9.61. The summed E-state index contributed by atoms with van der Waals surface area (Å²) in [6, 6.07) is 16.0. The van der Waals surface area contributed by atoms with Crippen LogP contribution in [0.5, 0.6) is 5.75 Å². The molecule has 8 nitrogen and oxygen atoms in total. The van der Waals surface area contributed by atoms with Crippen molar-refractivity contribution in [2.75, 3.05) is 24.9 Å². The molecule has 0 radical (unpaired) electrons. The molecule has 138 valence electrons. The minimum Gasteiger partial charge on any atom is -0.493 e. The van der Waals surface area contributed by atoms with E-state index in [4.69, 9.17) is 4.74 Å². The number of benzene rings is 2. The van der Waals surface area contributed by atoms with E-state index in [2.05, 4.69) is 20.5 Å². The number of hydrogen-bond acceptors (Lipinski definition) is 5. The number of carbonyl (C=O) groups is 2. The van der Waals surface area contributed by atoms with Gasteiger partial charge in [0.2, 0.25) is 0 Å². The molecule has 1 aromatic heterocycles. The van der Waals surface area contributed by atoms with Gasteiger partial charge in [0, 0.05) is 11.4 Å². The molecule has 3 rings (SSSR count). The van der Waals surface area contributed by atoms with Crippen molar-refractivity contribution in [1.82, 2.24) is 9.78 Å². The standard InChI is InChI=1S/C19H18N4O4/c1-26-16-12-23(15-6-4-3-5-7-15)22-17(16)18(24)20-13-8-10-14(11-9-13)21-19(25)27-2/h3-12H,1-2H3,(H,20,24)(H,21,25). The van der Waals surface area contributed by atoms with Gasteiger partial charge in [-0.15, -0.1) is 0 Å². The molecule has 3 aromatic rings. The highest BCUT2D eigenvalue weighted by molar-refractivity contribution is 6.04. The Labute approximate surface area is 155 Å². The second kappa shape index (κ2) is 8.05. The summed E-state index contributed by atoms with van der Waals surface area (Å²) in [6.45, 7) is 0. The average Bonchev–Trinajstić information content (AvgIpc) is 3.14. The second-order valence-electron chi connectivity index (χ2n) is 5.47. The van der Waals surface area contributed by atoms with Crippen LogP contribution < -0.4 is 15.4 Å². The Kier molecular flexibility index (Phi) is 5.36. The fraction of sp³-hybridized carbons (Fsp3) is 0.105. The maximum Gasteiger partial charge on any atom is 0.411 e. The molecule has 2 aromatic carbocycles. The van der Waals surface area contributed by atoms with Crippen molar-refractivity contribution in [2.45, 2.75) is 0 Å². The topological polar surface area (TPSA) is 94.5 Å². The lowest BCUT2D eigenvalue weighted by Gasteiger charge is -2.07. The number of carbonyl (C=O) groups excluding carboxylic acids is 2. The van der Waals surface area contributed by atoms with Crippen LogP contribution in [0.2, 0.25) is 0 Å². The van der Waals surface area contributed by atoms with E-state index in [0.717, 1.165) is 5.69 Å². The molecule has 0 aliphatic carbocycles. The molecule has 2 amide bonds. The van der Waals surface area contributed by atoms with Crippen LogP contribution in [-0.4, -0.2) is 36.0 Å². The van der Waals surface area contributed by atoms with E-state index in [9.17, 15) is 9.59 Å². The highest BCUT2D eigenvalue weighted by Gasteiger charge is 2.18. The predicted molar refractivity (Wildman–Crippen MR) is 101 cm³/mol. The Balaban J connectivity index is 1.76. The minimum atomic E-state index is -0.567. The summed E-state index contributed by atoms with van der Waals surface area (Å²) in [5.74, 6) is -0.0458. The summed E-state index contributed by atoms with van der Waals surface area (Å²) < 4.78 is 11.4. The van der Waals surface area contributed by atoms with E-state index in [1.165, 1.54) is 14.2 Å². The third-order valence-corrected chi connectivity index (χ3v) is 3.71. The van der Waals surface area contributed by atoms with Gasteiger partial charge in [0.15, 0.2) is 11.4 Å². The van der Waals surface area contributed by atoms with Crippen molar-refractivity contribution in [3.8, 4) is 11.4 Å². The Morgan fingerprint density at radius 1 is 0.926 bits per heavy atom. The number of ether oxygens (including phenoxy) is 2. The second-order valence-corrected chi connectivity index (χ2v) is 5.47. The smallest absolute Gasteiger partial charge is 0.411 e. The first-order valence-corrected chi connectivity index (χ1v) is 8.06. The molecule has 8 heteroatoms. The van der Waals surface area contributed by atoms with Gasteiger partial charge in [-0.25, -0.2) is 9.48 Å². The van der Waals surface area contributed by atoms with Gasteiger partial charge in [0.1, 0.15) is 0 Å². The first-order valence-electron chi connectivity index (χ1n) is 8.06. The molecule has 0 spiro atoms. The number of methoxy groups -OCH3 is 2. The highest BCUT2D eigenvalue weighted by atomic mass is 16.5. The summed E-state index contributed by atoms with van der Waals surface area (Å²) in [5.41, 5.74) is 2.07. The van der Waals surface area contributed by atoms with Gasteiger partial charge in [0.25, 0.3) is 5.91 Å². The van der Waals surface area contributed by atoms with Crippen molar-refractivity contribution in [3.63, 3.8) is 0 Å². The number of para-hydroxylation sites is 1. The molecule has 0 aliphatic heterocycles. The van der Waals surface area contributed by atoms with Crippen LogP contribution in [0.25, 0.3) is 5.69 Å². The van der Waals surface area contributed by atoms with E-state index in [-0.39, 0.29) is 5.69 Å². The van der Waals surface area contributed by atoms with Gasteiger partial charge >= 0.3 is 6.09 Å². The van der Waals surface area contributed by atoms with Crippen molar-refractivity contribution < 1.29 is 19.1 Å². The monoisotopic (exact) mass is 366 g/mol. The van der Waals surface area contributed by atoms with Crippen molar-refractivity contribution in [3.05, 3.63) is 66.5 Å². The summed E-state index contributed by atoms with van der Waals surface area (Å²) >= 11 is 0.